The molecule has 2 aromatic carbocycles. The summed E-state index contributed by atoms with van der Waals surface area (Å²) in [5.74, 6) is 2.06. The molecule has 0 aliphatic carbocycles. The van der Waals surface area contributed by atoms with E-state index in [4.69, 9.17) is 4.74 Å². The minimum Gasteiger partial charge on any atom is -0.439 e. The highest BCUT2D eigenvalue weighted by Crippen LogP contribution is 2.24. The van der Waals surface area contributed by atoms with Crippen LogP contribution in [0.5, 0.6) is 11.6 Å². The normalized spacial score (nSPS) is 11.3. The van der Waals surface area contributed by atoms with Gasteiger partial charge in [0.05, 0.1) is 4.90 Å². The Bertz CT molecular complexity index is 1260. The summed E-state index contributed by atoms with van der Waals surface area (Å²) < 4.78 is 35.9. The Morgan fingerprint density at radius 1 is 1.03 bits per heavy atom. The number of halogens is 1. The summed E-state index contributed by atoms with van der Waals surface area (Å²) >= 11 is 3.29. The van der Waals surface area contributed by atoms with Crippen molar-refractivity contribution in [2.75, 3.05) is 4.72 Å². The van der Waals surface area contributed by atoms with Gasteiger partial charge in [0, 0.05) is 28.6 Å². The number of aromatic nitrogens is 4. The molecule has 0 spiro atoms. The number of nitrogens with zero attached hydrogens (tertiary/aromatic N) is 4. The van der Waals surface area contributed by atoms with Gasteiger partial charge in [-0.3, -0.25) is 9.29 Å². The Hall–Kier alpha value is -3.24. The highest BCUT2D eigenvalue weighted by atomic mass is 79.9. The van der Waals surface area contributed by atoms with Crippen molar-refractivity contribution >= 4 is 31.6 Å². The van der Waals surface area contributed by atoms with E-state index in [9.17, 15) is 8.42 Å². The molecular weight excluding hydrogens is 470 g/mol. The molecule has 10 heteroatoms. The molecule has 2 heterocycles. The summed E-state index contributed by atoms with van der Waals surface area (Å²) in [5.41, 5.74) is 0.420. The van der Waals surface area contributed by atoms with Gasteiger partial charge in [0.1, 0.15) is 23.7 Å². The molecule has 30 heavy (non-hydrogen) atoms. The Balaban J connectivity index is 1.50. The molecule has 0 unspecified atom stereocenters. The highest BCUT2D eigenvalue weighted by molar-refractivity contribution is 9.10. The third kappa shape index (κ3) is 4.66. The molecule has 0 atom stereocenters. The van der Waals surface area contributed by atoms with Crippen LogP contribution in [0.4, 0.5) is 5.69 Å². The molecule has 0 fully saturated rings. The van der Waals surface area contributed by atoms with Crippen LogP contribution in [0.1, 0.15) is 5.82 Å². The van der Waals surface area contributed by atoms with E-state index in [1.54, 1.807) is 72.7 Å². The fourth-order valence-electron chi connectivity index (χ4n) is 2.64. The van der Waals surface area contributed by atoms with Crippen molar-refractivity contribution in [1.82, 2.24) is 19.5 Å². The first-order valence-electron chi connectivity index (χ1n) is 8.79. The third-order valence-corrected chi connectivity index (χ3v) is 5.95. The van der Waals surface area contributed by atoms with Crippen molar-refractivity contribution in [3.8, 4) is 17.4 Å². The number of aryl methyl sites for hydroxylation is 1. The average molecular weight is 486 g/mol. The summed E-state index contributed by atoms with van der Waals surface area (Å²) in [6.07, 6.45) is 5.07. The number of anilines is 1. The lowest BCUT2D eigenvalue weighted by Crippen LogP contribution is -2.12. The van der Waals surface area contributed by atoms with Crippen LogP contribution in [0.2, 0.25) is 0 Å². The van der Waals surface area contributed by atoms with E-state index < -0.39 is 10.0 Å². The van der Waals surface area contributed by atoms with Gasteiger partial charge in [-0.15, -0.1) is 0 Å². The molecule has 0 saturated carbocycles. The van der Waals surface area contributed by atoms with Gasteiger partial charge in [-0.2, -0.15) is 4.98 Å². The summed E-state index contributed by atoms with van der Waals surface area (Å²) in [6, 6.07) is 14.7. The Kier molecular flexibility index (Phi) is 5.51. The molecule has 0 bridgehead atoms. The lowest BCUT2D eigenvalue weighted by molar-refractivity contribution is 0.459. The first-order valence-corrected chi connectivity index (χ1v) is 11.1. The molecule has 0 radical (unpaired) electrons. The topological polar surface area (TPSA) is 99.0 Å². The molecule has 0 aliphatic heterocycles. The maximum absolute atomic E-state index is 12.5. The Morgan fingerprint density at radius 3 is 2.43 bits per heavy atom. The van der Waals surface area contributed by atoms with Crippen LogP contribution in [0.15, 0.2) is 82.7 Å². The monoisotopic (exact) mass is 485 g/mol. The van der Waals surface area contributed by atoms with Crippen molar-refractivity contribution in [2.45, 2.75) is 11.8 Å². The minimum atomic E-state index is -3.68. The molecule has 0 aliphatic rings. The summed E-state index contributed by atoms with van der Waals surface area (Å²) in [7, 11) is -3.68. The summed E-state index contributed by atoms with van der Waals surface area (Å²) in [4.78, 5) is 12.8. The second-order valence-corrected chi connectivity index (χ2v) is 8.87. The first-order chi connectivity index (χ1) is 14.4. The quantitative estimate of drug-likeness (QED) is 0.436. The summed E-state index contributed by atoms with van der Waals surface area (Å²) in [5, 5.41) is 0. The predicted octanol–water partition coefficient (Wildman–Crippen LogP) is 4.33. The average Bonchev–Trinajstić information content (AvgIpc) is 3.24. The van der Waals surface area contributed by atoms with Gasteiger partial charge in [-0.05, 0) is 55.5 Å². The van der Waals surface area contributed by atoms with Gasteiger partial charge < -0.3 is 4.74 Å². The van der Waals surface area contributed by atoms with E-state index in [1.165, 1.54) is 12.1 Å². The molecule has 4 rings (SSSR count). The number of ether oxygens (including phenoxy) is 1. The van der Waals surface area contributed by atoms with E-state index in [1.807, 2.05) is 0 Å². The lowest BCUT2D eigenvalue weighted by Gasteiger charge is -2.10. The molecule has 0 saturated heterocycles. The number of rotatable bonds is 6. The van der Waals surface area contributed by atoms with Crippen LogP contribution >= 0.6 is 15.9 Å². The predicted molar refractivity (Wildman–Crippen MR) is 115 cm³/mol. The number of sulfonamides is 1. The lowest BCUT2D eigenvalue weighted by atomic mass is 10.3. The van der Waals surface area contributed by atoms with Crippen LogP contribution in [-0.2, 0) is 10.0 Å². The van der Waals surface area contributed by atoms with Crippen molar-refractivity contribution in [1.29, 1.82) is 0 Å². The standard InChI is InChI=1S/C20H16BrN5O3S/c1-14-23-19(26-11-10-22-13-26)12-20(24-14)29-17-6-4-16(5-7-17)25-30(27,28)18-8-2-15(21)3-9-18/h2-13,25H,1H3. The fourth-order valence-corrected chi connectivity index (χ4v) is 3.97. The molecule has 8 nitrogen and oxygen atoms in total. The second kappa shape index (κ2) is 8.25. The van der Waals surface area contributed by atoms with Crippen LogP contribution in [0, 0.1) is 6.92 Å². The van der Waals surface area contributed by atoms with Crippen molar-refractivity contribution in [3.05, 3.63) is 83.6 Å². The molecule has 0 amide bonds. The zero-order valence-corrected chi connectivity index (χ0v) is 18.1. The van der Waals surface area contributed by atoms with E-state index >= 15 is 0 Å². The van der Waals surface area contributed by atoms with Gasteiger partial charge in [0.2, 0.25) is 5.88 Å². The van der Waals surface area contributed by atoms with Crippen LogP contribution in [0.25, 0.3) is 5.82 Å². The highest BCUT2D eigenvalue weighted by Gasteiger charge is 2.14. The maximum Gasteiger partial charge on any atom is 0.261 e. The Labute approximate surface area is 181 Å². The van der Waals surface area contributed by atoms with Gasteiger partial charge in [-0.25, -0.2) is 18.4 Å². The first kappa shape index (κ1) is 20.0. The molecule has 4 aromatic rings. The summed E-state index contributed by atoms with van der Waals surface area (Å²) in [6.45, 7) is 1.77. The number of nitrogens with one attached hydrogen (secondary N) is 1. The Morgan fingerprint density at radius 2 is 1.77 bits per heavy atom. The zero-order valence-electron chi connectivity index (χ0n) is 15.7. The van der Waals surface area contributed by atoms with E-state index in [0.717, 1.165) is 4.47 Å². The number of hydrogen-bond donors (Lipinski definition) is 1. The smallest absolute Gasteiger partial charge is 0.261 e. The minimum absolute atomic E-state index is 0.175. The molecular formula is C20H16BrN5O3S. The third-order valence-electron chi connectivity index (χ3n) is 4.02. The maximum atomic E-state index is 12.5. The van der Waals surface area contributed by atoms with E-state index in [2.05, 4.69) is 35.6 Å². The van der Waals surface area contributed by atoms with Gasteiger partial charge in [-0.1, -0.05) is 15.9 Å². The van der Waals surface area contributed by atoms with Crippen molar-refractivity contribution in [3.63, 3.8) is 0 Å². The van der Waals surface area contributed by atoms with Crippen LogP contribution < -0.4 is 9.46 Å². The number of imidazole rings is 1. The number of hydrogen-bond acceptors (Lipinski definition) is 6. The molecule has 1 N–H and O–H groups in total. The van der Waals surface area contributed by atoms with E-state index in [0.29, 0.717) is 29.0 Å². The zero-order chi connectivity index (χ0) is 21.1. The number of benzene rings is 2. The van der Waals surface area contributed by atoms with Crippen LogP contribution in [-0.4, -0.2) is 27.9 Å². The fraction of sp³-hybridized carbons (Fsp3) is 0.0500. The van der Waals surface area contributed by atoms with Crippen molar-refractivity contribution < 1.29 is 13.2 Å². The van der Waals surface area contributed by atoms with Gasteiger partial charge in [0.25, 0.3) is 10.0 Å². The van der Waals surface area contributed by atoms with E-state index in [-0.39, 0.29) is 4.90 Å². The molecule has 152 valence electrons. The van der Waals surface area contributed by atoms with Crippen LogP contribution in [0.3, 0.4) is 0 Å². The molecule has 2 aromatic heterocycles. The second-order valence-electron chi connectivity index (χ2n) is 6.27. The van der Waals surface area contributed by atoms with Gasteiger partial charge >= 0.3 is 0 Å². The van der Waals surface area contributed by atoms with Gasteiger partial charge in [0.15, 0.2) is 0 Å². The van der Waals surface area contributed by atoms with Crippen molar-refractivity contribution in [2.24, 2.45) is 0 Å². The SMILES string of the molecule is Cc1nc(Oc2ccc(NS(=O)(=O)c3ccc(Br)cc3)cc2)cc(-n2ccnc2)n1. The largest absolute Gasteiger partial charge is 0.439 e.